The summed E-state index contributed by atoms with van der Waals surface area (Å²) in [4.78, 5) is 0. The van der Waals surface area contributed by atoms with Gasteiger partial charge in [0, 0.05) is 17.8 Å². The highest BCUT2D eigenvalue weighted by Crippen LogP contribution is 2.25. The zero-order chi connectivity index (χ0) is 13.6. The Bertz CT molecular complexity index is 377. The number of hydrogen-bond acceptors (Lipinski definition) is 3. The molecule has 0 spiro atoms. The quantitative estimate of drug-likeness (QED) is 0.800. The summed E-state index contributed by atoms with van der Waals surface area (Å²) in [6.07, 6.45) is 2.06. The molecule has 1 N–H and O–H groups in total. The standard InChI is InChI=1S/C14H22ClNOS/c1-14(2,3)16-10-11-5-6-13(12(15)9-11)17-7-8-18-4/h5-6,9,16H,7-8,10H2,1-4H3. The van der Waals surface area contributed by atoms with Crippen molar-refractivity contribution in [1.29, 1.82) is 0 Å². The van der Waals surface area contributed by atoms with Crippen molar-refractivity contribution in [3.05, 3.63) is 28.8 Å². The minimum atomic E-state index is 0.111. The molecule has 0 aromatic heterocycles. The maximum atomic E-state index is 6.20. The van der Waals surface area contributed by atoms with Crippen molar-refractivity contribution in [1.82, 2.24) is 5.32 Å². The Labute approximate surface area is 119 Å². The first-order chi connectivity index (χ1) is 8.42. The molecule has 0 aliphatic carbocycles. The lowest BCUT2D eigenvalue weighted by Gasteiger charge is -2.20. The third-order valence-electron chi connectivity index (χ3n) is 2.36. The Morgan fingerprint density at radius 2 is 2.06 bits per heavy atom. The lowest BCUT2D eigenvalue weighted by atomic mass is 10.1. The van der Waals surface area contributed by atoms with Crippen LogP contribution in [0, 0.1) is 0 Å². The molecule has 0 amide bonds. The third kappa shape index (κ3) is 5.98. The second kappa shape index (κ2) is 7.27. The van der Waals surface area contributed by atoms with Gasteiger partial charge >= 0.3 is 0 Å². The van der Waals surface area contributed by atoms with Crippen molar-refractivity contribution in [2.24, 2.45) is 0 Å². The number of benzene rings is 1. The smallest absolute Gasteiger partial charge is 0.137 e. The molecule has 0 heterocycles. The molecule has 2 nitrogen and oxygen atoms in total. The molecule has 0 aliphatic heterocycles. The second-order valence-electron chi connectivity index (χ2n) is 5.21. The summed E-state index contributed by atoms with van der Waals surface area (Å²) in [6, 6.07) is 5.97. The molecule has 18 heavy (non-hydrogen) atoms. The molecule has 0 saturated carbocycles. The molecular formula is C14H22ClNOS. The van der Waals surface area contributed by atoms with Crippen molar-refractivity contribution in [2.75, 3.05) is 18.6 Å². The van der Waals surface area contributed by atoms with Crippen LogP contribution in [0.1, 0.15) is 26.3 Å². The molecule has 0 saturated heterocycles. The van der Waals surface area contributed by atoms with Crippen molar-refractivity contribution in [3.63, 3.8) is 0 Å². The van der Waals surface area contributed by atoms with E-state index in [1.165, 1.54) is 5.56 Å². The molecule has 0 aliphatic rings. The van der Waals surface area contributed by atoms with E-state index in [-0.39, 0.29) is 5.54 Å². The predicted octanol–water partition coefficient (Wildman–Crippen LogP) is 3.97. The fraction of sp³-hybridized carbons (Fsp3) is 0.571. The van der Waals surface area contributed by atoms with Crippen LogP contribution in [0.5, 0.6) is 5.75 Å². The van der Waals surface area contributed by atoms with Crippen LogP contribution in [0.2, 0.25) is 5.02 Å². The molecule has 1 rings (SSSR count). The van der Waals surface area contributed by atoms with Gasteiger partial charge in [-0.25, -0.2) is 0 Å². The summed E-state index contributed by atoms with van der Waals surface area (Å²) in [6.45, 7) is 7.95. The lowest BCUT2D eigenvalue weighted by Crippen LogP contribution is -2.35. The molecule has 1 aromatic carbocycles. The number of ether oxygens (including phenoxy) is 1. The molecule has 0 fully saturated rings. The van der Waals surface area contributed by atoms with Crippen molar-refractivity contribution >= 4 is 23.4 Å². The average Bonchev–Trinajstić information content (AvgIpc) is 2.28. The van der Waals surface area contributed by atoms with E-state index < -0.39 is 0 Å². The summed E-state index contributed by atoms with van der Waals surface area (Å²) in [5, 5.41) is 4.12. The highest BCUT2D eigenvalue weighted by atomic mass is 35.5. The van der Waals surface area contributed by atoms with Crippen LogP contribution in [0.15, 0.2) is 18.2 Å². The van der Waals surface area contributed by atoms with Crippen LogP contribution in [0.25, 0.3) is 0 Å². The maximum Gasteiger partial charge on any atom is 0.137 e. The summed E-state index contributed by atoms with van der Waals surface area (Å²) >= 11 is 7.96. The Hall–Kier alpha value is -0.380. The fourth-order valence-electron chi connectivity index (χ4n) is 1.37. The Morgan fingerprint density at radius 3 is 2.61 bits per heavy atom. The van der Waals surface area contributed by atoms with Gasteiger partial charge in [-0.05, 0) is 44.7 Å². The molecule has 0 bridgehead atoms. The van der Waals surface area contributed by atoms with Gasteiger partial charge in [0.05, 0.1) is 11.6 Å². The highest BCUT2D eigenvalue weighted by molar-refractivity contribution is 7.98. The lowest BCUT2D eigenvalue weighted by molar-refractivity contribution is 0.344. The van der Waals surface area contributed by atoms with Gasteiger partial charge in [-0.2, -0.15) is 11.8 Å². The summed E-state index contributed by atoms with van der Waals surface area (Å²) in [5.74, 6) is 1.74. The minimum absolute atomic E-state index is 0.111. The van der Waals surface area contributed by atoms with Crippen LogP contribution in [-0.2, 0) is 6.54 Å². The van der Waals surface area contributed by atoms with Crippen molar-refractivity contribution in [2.45, 2.75) is 32.9 Å². The molecule has 0 atom stereocenters. The minimum Gasteiger partial charge on any atom is -0.491 e. The second-order valence-corrected chi connectivity index (χ2v) is 6.60. The maximum absolute atomic E-state index is 6.20. The molecule has 1 aromatic rings. The SMILES string of the molecule is CSCCOc1ccc(CNC(C)(C)C)cc1Cl. The fourth-order valence-corrected chi connectivity index (χ4v) is 1.88. The zero-order valence-electron chi connectivity index (χ0n) is 11.5. The van der Waals surface area contributed by atoms with E-state index >= 15 is 0 Å². The van der Waals surface area contributed by atoms with E-state index in [0.29, 0.717) is 11.6 Å². The average molecular weight is 288 g/mol. The van der Waals surface area contributed by atoms with Gasteiger partial charge in [0.2, 0.25) is 0 Å². The van der Waals surface area contributed by atoms with E-state index in [1.807, 2.05) is 12.1 Å². The highest BCUT2D eigenvalue weighted by Gasteiger charge is 2.09. The van der Waals surface area contributed by atoms with E-state index in [9.17, 15) is 0 Å². The number of nitrogens with one attached hydrogen (secondary N) is 1. The normalized spacial score (nSPS) is 11.6. The van der Waals surface area contributed by atoms with Gasteiger partial charge in [-0.15, -0.1) is 0 Å². The first-order valence-electron chi connectivity index (χ1n) is 6.07. The van der Waals surface area contributed by atoms with E-state index in [0.717, 1.165) is 18.0 Å². The van der Waals surface area contributed by atoms with Gasteiger partial charge in [0.1, 0.15) is 5.75 Å². The van der Waals surface area contributed by atoms with E-state index in [2.05, 4.69) is 38.4 Å². The summed E-state index contributed by atoms with van der Waals surface area (Å²) < 4.78 is 5.60. The van der Waals surface area contributed by atoms with Crippen molar-refractivity contribution < 1.29 is 4.74 Å². The molecular weight excluding hydrogens is 266 g/mol. The number of thioether (sulfide) groups is 1. The Morgan fingerprint density at radius 1 is 1.33 bits per heavy atom. The first-order valence-corrected chi connectivity index (χ1v) is 7.85. The predicted molar refractivity (Wildman–Crippen MR) is 81.9 cm³/mol. The van der Waals surface area contributed by atoms with Crippen LogP contribution in [-0.4, -0.2) is 24.2 Å². The van der Waals surface area contributed by atoms with Crippen LogP contribution in [0.3, 0.4) is 0 Å². The van der Waals surface area contributed by atoms with Gasteiger partial charge in [-0.3, -0.25) is 0 Å². The topological polar surface area (TPSA) is 21.3 Å². The largest absolute Gasteiger partial charge is 0.491 e. The zero-order valence-corrected chi connectivity index (χ0v) is 13.1. The molecule has 4 heteroatoms. The van der Waals surface area contributed by atoms with Crippen molar-refractivity contribution in [3.8, 4) is 5.75 Å². The van der Waals surface area contributed by atoms with E-state index in [1.54, 1.807) is 11.8 Å². The van der Waals surface area contributed by atoms with Crippen LogP contribution >= 0.6 is 23.4 Å². The van der Waals surface area contributed by atoms with Gasteiger partial charge < -0.3 is 10.1 Å². The first kappa shape index (κ1) is 15.7. The summed E-state index contributed by atoms with van der Waals surface area (Å²) in [7, 11) is 0. The Balaban J connectivity index is 2.56. The monoisotopic (exact) mass is 287 g/mol. The van der Waals surface area contributed by atoms with Crippen LogP contribution < -0.4 is 10.1 Å². The van der Waals surface area contributed by atoms with Gasteiger partial charge in [0.15, 0.2) is 0 Å². The Kier molecular flexibility index (Phi) is 6.33. The van der Waals surface area contributed by atoms with Gasteiger partial charge in [0.25, 0.3) is 0 Å². The summed E-state index contributed by atoms with van der Waals surface area (Å²) in [5.41, 5.74) is 1.28. The van der Waals surface area contributed by atoms with Crippen LogP contribution in [0.4, 0.5) is 0 Å². The third-order valence-corrected chi connectivity index (χ3v) is 3.23. The number of rotatable bonds is 6. The van der Waals surface area contributed by atoms with Gasteiger partial charge in [-0.1, -0.05) is 17.7 Å². The molecule has 102 valence electrons. The number of hydrogen-bond donors (Lipinski definition) is 1. The van der Waals surface area contributed by atoms with E-state index in [4.69, 9.17) is 16.3 Å². The molecule has 0 radical (unpaired) electrons. The number of halogens is 1. The molecule has 0 unspecified atom stereocenters.